The summed E-state index contributed by atoms with van der Waals surface area (Å²) < 4.78 is 0. The molecular formula is C19H40O2. The topological polar surface area (TPSA) is 40.5 Å². The molecule has 21 heavy (non-hydrogen) atoms. The summed E-state index contributed by atoms with van der Waals surface area (Å²) in [5.41, 5.74) is 0. The third-order valence-electron chi connectivity index (χ3n) is 4.61. The van der Waals surface area contributed by atoms with E-state index >= 15 is 0 Å². The summed E-state index contributed by atoms with van der Waals surface area (Å²) in [6.45, 7) is 5.06. The Labute approximate surface area is 133 Å². The van der Waals surface area contributed by atoms with Crippen LogP contribution < -0.4 is 0 Å². The van der Waals surface area contributed by atoms with Gasteiger partial charge in [0.25, 0.3) is 0 Å². The third kappa shape index (κ3) is 13.3. The number of hydrogen-bond donors (Lipinski definition) is 2. The lowest BCUT2D eigenvalue weighted by Crippen LogP contribution is -2.16. The first-order valence-corrected chi connectivity index (χ1v) is 9.50. The van der Waals surface area contributed by atoms with E-state index in [4.69, 9.17) is 0 Å². The van der Waals surface area contributed by atoms with Gasteiger partial charge in [0.1, 0.15) is 0 Å². The van der Waals surface area contributed by atoms with Gasteiger partial charge in [0, 0.05) is 13.2 Å². The first kappa shape index (κ1) is 20.9. The van der Waals surface area contributed by atoms with Crippen LogP contribution in [0.4, 0.5) is 0 Å². The predicted octanol–water partition coefficient (Wildman–Crippen LogP) is 5.31. The number of unbranched alkanes of at least 4 members (excludes halogenated alkanes) is 8. The van der Waals surface area contributed by atoms with Crippen molar-refractivity contribution in [1.82, 2.24) is 0 Å². The van der Waals surface area contributed by atoms with Crippen molar-refractivity contribution in [3.05, 3.63) is 0 Å². The molecule has 0 saturated heterocycles. The highest BCUT2D eigenvalue weighted by molar-refractivity contribution is 4.66. The lowest BCUT2D eigenvalue weighted by Gasteiger charge is -2.20. The van der Waals surface area contributed by atoms with Crippen LogP contribution in [0.1, 0.15) is 97.3 Å². The summed E-state index contributed by atoms with van der Waals surface area (Å²) in [5.74, 6) is 0.804. The van der Waals surface area contributed by atoms with Gasteiger partial charge in [-0.2, -0.15) is 0 Å². The summed E-state index contributed by atoms with van der Waals surface area (Å²) in [5, 5.41) is 19.1. The Hall–Kier alpha value is -0.0800. The quantitative estimate of drug-likeness (QED) is 0.379. The van der Waals surface area contributed by atoms with Gasteiger partial charge in [0.2, 0.25) is 0 Å². The zero-order chi connectivity index (χ0) is 15.8. The fraction of sp³-hybridized carbons (Fsp3) is 1.00. The molecule has 2 atom stereocenters. The van der Waals surface area contributed by atoms with E-state index in [0.29, 0.717) is 25.0 Å². The highest BCUT2D eigenvalue weighted by Crippen LogP contribution is 2.23. The van der Waals surface area contributed by atoms with Crippen LogP contribution in [0.15, 0.2) is 0 Å². The van der Waals surface area contributed by atoms with Gasteiger partial charge in [-0.05, 0) is 31.1 Å². The molecule has 0 saturated carbocycles. The molecular weight excluding hydrogens is 260 g/mol. The minimum Gasteiger partial charge on any atom is -0.396 e. The van der Waals surface area contributed by atoms with Gasteiger partial charge in [-0.1, -0.05) is 78.1 Å². The molecule has 0 radical (unpaired) electrons. The molecule has 0 spiro atoms. The zero-order valence-electron chi connectivity index (χ0n) is 14.7. The monoisotopic (exact) mass is 300 g/mol. The Bertz CT molecular complexity index is 174. The Morgan fingerprint density at radius 3 is 1.29 bits per heavy atom. The Morgan fingerprint density at radius 1 is 0.571 bits per heavy atom. The van der Waals surface area contributed by atoms with Crippen LogP contribution in [0.2, 0.25) is 0 Å². The molecule has 0 aliphatic heterocycles. The number of aliphatic hydroxyl groups is 2. The molecule has 128 valence electrons. The molecule has 0 aliphatic rings. The van der Waals surface area contributed by atoms with Crippen molar-refractivity contribution in [2.24, 2.45) is 11.8 Å². The maximum Gasteiger partial charge on any atom is 0.0459 e. The van der Waals surface area contributed by atoms with Crippen molar-refractivity contribution in [3.8, 4) is 0 Å². The van der Waals surface area contributed by atoms with E-state index in [1.807, 2.05) is 0 Å². The highest BCUT2D eigenvalue weighted by Gasteiger charge is 2.15. The minimum absolute atomic E-state index is 0.292. The van der Waals surface area contributed by atoms with Crippen molar-refractivity contribution in [2.75, 3.05) is 13.2 Å². The largest absolute Gasteiger partial charge is 0.396 e. The van der Waals surface area contributed by atoms with E-state index in [9.17, 15) is 10.2 Å². The maximum absolute atomic E-state index is 9.53. The van der Waals surface area contributed by atoms with Crippen molar-refractivity contribution in [1.29, 1.82) is 0 Å². The molecule has 2 unspecified atom stereocenters. The second-order valence-corrected chi connectivity index (χ2v) is 6.74. The maximum atomic E-state index is 9.53. The fourth-order valence-corrected chi connectivity index (χ4v) is 3.11. The van der Waals surface area contributed by atoms with Gasteiger partial charge in [-0.3, -0.25) is 0 Å². The Kier molecular flexibility index (Phi) is 16.2. The van der Waals surface area contributed by atoms with Gasteiger partial charge in [0.15, 0.2) is 0 Å². The molecule has 0 bridgehead atoms. The van der Waals surface area contributed by atoms with E-state index in [-0.39, 0.29) is 0 Å². The molecule has 0 aliphatic carbocycles. The molecule has 0 rings (SSSR count). The molecule has 2 nitrogen and oxygen atoms in total. The summed E-state index contributed by atoms with van der Waals surface area (Å²) in [4.78, 5) is 0. The van der Waals surface area contributed by atoms with Gasteiger partial charge in [-0.25, -0.2) is 0 Å². The molecule has 0 heterocycles. The molecule has 2 N–H and O–H groups in total. The van der Waals surface area contributed by atoms with Crippen LogP contribution in [-0.2, 0) is 0 Å². The highest BCUT2D eigenvalue weighted by atomic mass is 16.3. The van der Waals surface area contributed by atoms with Crippen molar-refractivity contribution >= 4 is 0 Å². The van der Waals surface area contributed by atoms with E-state index in [0.717, 1.165) is 19.3 Å². The van der Waals surface area contributed by atoms with E-state index in [1.54, 1.807) is 0 Å². The molecule has 0 fully saturated rings. The van der Waals surface area contributed by atoms with Crippen LogP contribution in [0.25, 0.3) is 0 Å². The minimum atomic E-state index is 0.292. The van der Waals surface area contributed by atoms with Crippen LogP contribution in [0, 0.1) is 11.8 Å². The number of hydrogen-bond acceptors (Lipinski definition) is 2. The fourth-order valence-electron chi connectivity index (χ4n) is 3.11. The van der Waals surface area contributed by atoms with Gasteiger partial charge in [-0.15, -0.1) is 0 Å². The van der Waals surface area contributed by atoms with Crippen LogP contribution in [0.5, 0.6) is 0 Å². The predicted molar refractivity (Wildman–Crippen MR) is 92.5 cm³/mol. The molecule has 2 heteroatoms. The van der Waals surface area contributed by atoms with Gasteiger partial charge in [0.05, 0.1) is 0 Å². The normalized spacial score (nSPS) is 14.3. The second-order valence-electron chi connectivity index (χ2n) is 6.74. The summed E-state index contributed by atoms with van der Waals surface area (Å²) in [7, 11) is 0. The van der Waals surface area contributed by atoms with Crippen LogP contribution >= 0.6 is 0 Å². The Balaban J connectivity index is 3.73. The van der Waals surface area contributed by atoms with Crippen molar-refractivity contribution < 1.29 is 10.2 Å². The first-order valence-electron chi connectivity index (χ1n) is 9.50. The molecule has 0 amide bonds. The standard InChI is InChI=1S/C19H40O2/c1-3-5-7-9-11-13-18(16-20)15-19(17-21)14-12-10-8-6-4-2/h18-21H,3-17H2,1-2H3. The lowest BCUT2D eigenvalue weighted by atomic mass is 9.88. The van der Waals surface area contributed by atoms with Crippen LogP contribution in [-0.4, -0.2) is 23.4 Å². The zero-order valence-corrected chi connectivity index (χ0v) is 14.7. The van der Waals surface area contributed by atoms with Crippen molar-refractivity contribution in [2.45, 2.75) is 97.3 Å². The van der Waals surface area contributed by atoms with Crippen molar-refractivity contribution in [3.63, 3.8) is 0 Å². The number of rotatable bonds is 16. The summed E-state index contributed by atoms with van der Waals surface area (Å²) >= 11 is 0. The lowest BCUT2D eigenvalue weighted by molar-refractivity contribution is 0.147. The SMILES string of the molecule is CCCCCCCC(CO)CC(CO)CCCCCCC. The summed E-state index contributed by atoms with van der Waals surface area (Å²) in [6, 6.07) is 0. The van der Waals surface area contributed by atoms with E-state index in [2.05, 4.69) is 13.8 Å². The first-order chi connectivity index (χ1) is 10.3. The molecule has 0 aromatic heterocycles. The van der Waals surface area contributed by atoms with E-state index < -0.39 is 0 Å². The van der Waals surface area contributed by atoms with Gasteiger partial charge < -0.3 is 10.2 Å². The summed E-state index contributed by atoms with van der Waals surface area (Å²) in [6.07, 6.45) is 16.2. The number of aliphatic hydroxyl groups excluding tert-OH is 2. The molecule has 0 aromatic carbocycles. The van der Waals surface area contributed by atoms with Crippen LogP contribution in [0.3, 0.4) is 0 Å². The third-order valence-corrected chi connectivity index (χ3v) is 4.61. The Morgan fingerprint density at radius 2 is 0.952 bits per heavy atom. The second kappa shape index (κ2) is 16.3. The average Bonchev–Trinajstić information content (AvgIpc) is 2.51. The average molecular weight is 301 g/mol. The smallest absolute Gasteiger partial charge is 0.0459 e. The van der Waals surface area contributed by atoms with Gasteiger partial charge >= 0.3 is 0 Å². The molecule has 0 aromatic rings. The van der Waals surface area contributed by atoms with E-state index in [1.165, 1.54) is 64.2 Å².